The number of carbonyl (C=O) groups is 2. The van der Waals surface area contributed by atoms with Crippen LogP contribution in [0.5, 0.6) is 11.5 Å². The Balaban J connectivity index is 1.89. The molecule has 31 heavy (non-hydrogen) atoms. The van der Waals surface area contributed by atoms with E-state index in [0.29, 0.717) is 27.6 Å². The average Bonchev–Trinajstić information content (AvgIpc) is 3.40. The standard InChI is InChI=1S/C24H24ClNO5/c1-30-17-9-5-6-14(12-17)21-20(22(27)15-10-11-19(31-2)18(25)13-15)23(28)24(29)26(21)16-7-3-4-8-16/h5-6,9-13,16,21,27H,3-4,7-8H2,1-2H3/b22-20-. The van der Waals surface area contributed by atoms with Crippen molar-refractivity contribution in [1.29, 1.82) is 0 Å². The van der Waals surface area contributed by atoms with Crippen LogP contribution in [0.3, 0.4) is 0 Å². The van der Waals surface area contributed by atoms with Gasteiger partial charge in [0.1, 0.15) is 17.3 Å². The van der Waals surface area contributed by atoms with Crippen molar-refractivity contribution in [2.75, 3.05) is 14.2 Å². The number of aliphatic hydroxyl groups excluding tert-OH is 1. The molecule has 0 spiro atoms. The fourth-order valence-corrected chi connectivity index (χ4v) is 4.77. The maximum Gasteiger partial charge on any atom is 0.295 e. The Hall–Kier alpha value is -2.99. The molecule has 1 atom stereocenters. The minimum absolute atomic E-state index is 0.0441. The number of aliphatic hydroxyl groups is 1. The van der Waals surface area contributed by atoms with Crippen LogP contribution in [0.15, 0.2) is 48.0 Å². The Bertz CT molecular complexity index is 1060. The topological polar surface area (TPSA) is 76.1 Å². The fourth-order valence-electron chi connectivity index (χ4n) is 4.52. The molecule has 0 bridgehead atoms. The number of hydrogen-bond acceptors (Lipinski definition) is 5. The third kappa shape index (κ3) is 3.76. The van der Waals surface area contributed by atoms with Gasteiger partial charge in [0.25, 0.3) is 11.7 Å². The molecular formula is C24H24ClNO5. The lowest BCUT2D eigenvalue weighted by molar-refractivity contribution is -0.141. The van der Waals surface area contributed by atoms with E-state index >= 15 is 0 Å². The highest BCUT2D eigenvalue weighted by molar-refractivity contribution is 6.46. The van der Waals surface area contributed by atoms with Crippen molar-refractivity contribution in [3.05, 3.63) is 64.2 Å². The number of ketones is 1. The number of Topliss-reactive ketones (excluding diaryl/α,β-unsaturated/α-hetero) is 1. The lowest BCUT2D eigenvalue weighted by Crippen LogP contribution is -2.37. The molecule has 1 unspecified atom stereocenters. The molecule has 7 heteroatoms. The predicted molar refractivity (Wildman–Crippen MR) is 117 cm³/mol. The second-order valence-corrected chi connectivity index (χ2v) is 8.18. The third-order valence-electron chi connectivity index (χ3n) is 6.03. The molecule has 1 heterocycles. The molecule has 0 aromatic heterocycles. The van der Waals surface area contributed by atoms with E-state index in [9.17, 15) is 14.7 Å². The van der Waals surface area contributed by atoms with E-state index in [0.717, 1.165) is 25.7 Å². The third-order valence-corrected chi connectivity index (χ3v) is 6.33. The molecule has 1 amide bonds. The van der Waals surface area contributed by atoms with Crippen LogP contribution < -0.4 is 9.47 Å². The highest BCUT2D eigenvalue weighted by atomic mass is 35.5. The second-order valence-electron chi connectivity index (χ2n) is 7.77. The Labute approximate surface area is 186 Å². The molecule has 1 saturated carbocycles. The van der Waals surface area contributed by atoms with E-state index in [4.69, 9.17) is 21.1 Å². The first kappa shape index (κ1) is 21.2. The Kier molecular flexibility index (Phi) is 5.92. The summed E-state index contributed by atoms with van der Waals surface area (Å²) >= 11 is 6.23. The van der Waals surface area contributed by atoms with Crippen LogP contribution in [0.2, 0.25) is 5.02 Å². The van der Waals surface area contributed by atoms with Crippen LogP contribution >= 0.6 is 11.6 Å². The van der Waals surface area contributed by atoms with E-state index < -0.39 is 17.7 Å². The van der Waals surface area contributed by atoms with Crippen molar-refractivity contribution in [3.63, 3.8) is 0 Å². The largest absolute Gasteiger partial charge is 0.507 e. The second kappa shape index (κ2) is 8.63. The van der Waals surface area contributed by atoms with E-state index in [1.54, 1.807) is 36.3 Å². The number of carbonyl (C=O) groups excluding carboxylic acids is 2. The first-order valence-electron chi connectivity index (χ1n) is 10.2. The summed E-state index contributed by atoms with van der Waals surface area (Å²) < 4.78 is 10.5. The number of amides is 1. The van der Waals surface area contributed by atoms with Crippen LogP contribution in [-0.4, -0.2) is 42.0 Å². The fraction of sp³-hybridized carbons (Fsp3) is 0.333. The molecule has 1 saturated heterocycles. The van der Waals surface area contributed by atoms with Gasteiger partial charge < -0.3 is 19.5 Å². The van der Waals surface area contributed by atoms with Gasteiger partial charge in [-0.3, -0.25) is 9.59 Å². The molecule has 2 aromatic rings. The number of ether oxygens (including phenoxy) is 2. The zero-order chi connectivity index (χ0) is 22.1. The van der Waals surface area contributed by atoms with Crippen molar-refractivity contribution in [3.8, 4) is 11.5 Å². The predicted octanol–water partition coefficient (Wildman–Crippen LogP) is 4.72. The van der Waals surface area contributed by atoms with Crippen molar-refractivity contribution >= 4 is 29.1 Å². The molecule has 2 aromatic carbocycles. The van der Waals surface area contributed by atoms with Gasteiger partial charge in [0.05, 0.1) is 30.9 Å². The van der Waals surface area contributed by atoms with Crippen LogP contribution in [-0.2, 0) is 9.59 Å². The van der Waals surface area contributed by atoms with Gasteiger partial charge in [-0.2, -0.15) is 0 Å². The van der Waals surface area contributed by atoms with Crippen molar-refractivity contribution in [1.82, 2.24) is 4.90 Å². The van der Waals surface area contributed by atoms with Crippen molar-refractivity contribution in [2.24, 2.45) is 0 Å². The Morgan fingerprint density at radius 1 is 1.06 bits per heavy atom. The zero-order valence-electron chi connectivity index (χ0n) is 17.4. The van der Waals surface area contributed by atoms with Gasteiger partial charge >= 0.3 is 0 Å². The number of halogens is 1. The average molecular weight is 442 g/mol. The first-order chi connectivity index (χ1) is 15.0. The van der Waals surface area contributed by atoms with E-state index in [2.05, 4.69) is 0 Å². The Morgan fingerprint density at radius 2 is 1.81 bits per heavy atom. The molecule has 6 nitrogen and oxygen atoms in total. The maximum atomic E-state index is 13.1. The highest BCUT2D eigenvalue weighted by Gasteiger charge is 2.49. The van der Waals surface area contributed by atoms with Crippen LogP contribution in [0.1, 0.15) is 42.9 Å². The molecule has 1 aliphatic heterocycles. The SMILES string of the molecule is COc1cccc(C2/C(=C(/O)c3ccc(OC)c(Cl)c3)C(=O)C(=O)N2C2CCCC2)c1. The van der Waals surface area contributed by atoms with E-state index in [1.165, 1.54) is 13.2 Å². The summed E-state index contributed by atoms with van der Waals surface area (Å²) in [7, 11) is 3.06. The van der Waals surface area contributed by atoms with Gasteiger partial charge in [0.15, 0.2) is 0 Å². The molecule has 2 aliphatic rings. The van der Waals surface area contributed by atoms with Crippen LogP contribution in [0, 0.1) is 0 Å². The molecule has 1 aliphatic carbocycles. The van der Waals surface area contributed by atoms with Crippen LogP contribution in [0.25, 0.3) is 5.76 Å². The minimum atomic E-state index is -0.695. The number of rotatable bonds is 5. The van der Waals surface area contributed by atoms with Crippen molar-refractivity contribution in [2.45, 2.75) is 37.8 Å². The molecule has 4 rings (SSSR count). The van der Waals surface area contributed by atoms with Gasteiger partial charge in [-0.25, -0.2) is 0 Å². The van der Waals surface area contributed by atoms with Gasteiger partial charge in [-0.1, -0.05) is 36.6 Å². The monoisotopic (exact) mass is 441 g/mol. The van der Waals surface area contributed by atoms with Gasteiger partial charge in [-0.15, -0.1) is 0 Å². The molecular weight excluding hydrogens is 418 g/mol. The normalized spacial score (nSPS) is 21.0. The number of hydrogen-bond donors (Lipinski definition) is 1. The molecule has 1 N–H and O–H groups in total. The number of likely N-dealkylation sites (tertiary alicyclic amines) is 1. The van der Waals surface area contributed by atoms with Gasteiger partial charge in [0.2, 0.25) is 0 Å². The highest BCUT2D eigenvalue weighted by Crippen LogP contribution is 2.44. The summed E-state index contributed by atoms with van der Waals surface area (Å²) in [6, 6.07) is 11.3. The summed E-state index contributed by atoms with van der Waals surface area (Å²) in [5.41, 5.74) is 1.13. The van der Waals surface area contributed by atoms with E-state index in [1.807, 2.05) is 12.1 Å². The summed E-state index contributed by atoms with van der Waals surface area (Å²) in [5, 5.41) is 11.5. The summed E-state index contributed by atoms with van der Waals surface area (Å²) in [6.07, 6.45) is 3.68. The zero-order valence-corrected chi connectivity index (χ0v) is 18.2. The first-order valence-corrected chi connectivity index (χ1v) is 10.6. The van der Waals surface area contributed by atoms with Crippen molar-refractivity contribution < 1.29 is 24.2 Å². The molecule has 0 radical (unpaired) electrons. The molecule has 2 fully saturated rings. The van der Waals surface area contributed by atoms with Gasteiger partial charge in [0, 0.05) is 11.6 Å². The van der Waals surface area contributed by atoms with Crippen LogP contribution in [0.4, 0.5) is 0 Å². The Morgan fingerprint density at radius 3 is 2.45 bits per heavy atom. The number of nitrogens with zero attached hydrogens (tertiary/aromatic N) is 1. The van der Waals surface area contributed by atoms with Gasteiger partial charge in [-0.05, 0) is 48.7 Å². The summed E-state index contributed by atoms with van der Waals surface area (Å²) in [6.45, 7) is 0. The molecule has 162 valence electrons. The number of methoxy groups -OCH3 is 2. The summed E-state index contributed by atoms with van der Waals surface area (Å²) in [5.74, 6) is -0.461. The number of benzene rings is 2. The minimum Gasteiger partial charge on any atom is -0.507 e. The maximum absolute atomic E-state index is 13.1. The quantitative estimate of drug-likeness (QED) is 0.412. The lowest BCUT2D eigenvalue weighted by Gasteiger charge is -2.31. The van der Waals surface area contributed by atoms with E-state index in [-0.39, 0.29) is 17.4 Å². The summed E-state index contributed by atoms with van der Waals surface area (Å²) in [4.78, 5) is 27.9. The smallest absolute Gasteiger partial charge is 0.295 e. The lowest BCUT2D eigenvalue weighted by atomic mass is 9.94.